The van der Waals surface area contributed by atoms with Crippen LogP contribution in [0, 0.1) is 5.92 Å². The number of hydrogen-bond acceptors (Lipinski definition) is 4. The second kappa shape index (κ2) is 12.7. The Morgan fingerprint density at radius 2 is 1.85 bits per heavy atom. The molecule has 0 bridgehead atoms. The van der Waals surface area contributed by atoms with Gasteiger partial charge in [0, 0.05) is 0 Å². The van der Waals surface area contributed by atoms with Crippen molar-refractivity contribution in [1.82, 2.24) is 5.32 Å². The minimum atomic E-state index is -4.66. The molecular weight excluding hydrogens is 361 g/mol. The van der Waals surface area contributed by atoms with E-state index in [1.165, 1.54) is 0 Å². The molecule has 1 rings (SSSR count). The first-order valence-corrected chi connectivity index (χ1v) is 10.2. The van der Waals surface area contributed by atoms with E-state index in [0.29, 0.717) is 5.92 Å². The normalized spacial score (nSPS) is 14.6. The fourth-order valence-electron chi connectivity index (χ4n) is 3.12. The number of nitrogens with one attached hydrogen (secondary N) is 1. The second-order valence-electron chi connectivity index (χ2n) is 6.34. The van der Waals surface area contributed by atoms with Crippen molar-refractivity contribution in [2.75, 3.05) is 0 Å². The Hall–Kier alpha value is -0.660. The zero-order valence-corrected chi connectivity index (χ0v) is 18.8. The van der Waals surface area contributed by atoms with Gasteiger partial charge < -0.3 is 9.87 Å². The van der Waals surface area contributed by atoms with Crippen LogP contribution >= 0.6 is 0 Å². The molecule has 0 fully saturated rings. The van der Waals surface area contributed by atoms with Gasteiger partial charge in [-0.1, -0.05) is 70.0 Å². The van der Waals surface area contributed by atoms with Crippen LogP contribution in [-0.2, 0) is 14.9 Å². The van der Waals surface area contributed by atoms with Gasteiger partial charge in [-0.3, -0.25) is 4.79 Å². The molecular formula is C19H28NNaO4S. The molecule has 3 unspecified atom stereocenters. The van der Waals surface area contributed by atoms with E-state index < -0.39 is 21.4 Å². The van der Waals surface area contributed by atoms with Crippen LogP contribution in [0.1, 0.15) is 57.4 Å². The van der Waals surface area contributed by atoms with E-state index in [0.717, 1.165) is 37.3 Å². The molecule has 0 heterocycles. The van der Waals surface area contributed by atoms with Gasteiger partial charge in [0.05, 0.1) is 0 Å². The van der Waals surface area contributed by atoms with Crippen molar-refractivity contribution < 1.29 is 47.3 Å². The van der Waals surface area contributed by atoms with Gasteiger partial charge in [-0.25, -0.2) is 8.42 Å². The Bertz CT molecular complexity index is 649. The van der Waals surface area contributed by atoms with Crippen LogP contribution in [0.25, 0.3) is 0 Å². The summed E-state index contributed by atoms with van der Waals surface area (Å²) in [6, 6.07) is 9.56. The van der Waals surface area contributed by atoms with Crippen molar-refractivity contribution in [3.05, 3.63) is 48.6 Å². The van der Waals surface area contributed by atoms with Gasteiger partial charge in [-0.2, -0.15) is 0 Å². The summed E-state index contributed by atoms with van der Waals surface area (Å²) in [5, 5.41) is 0.817. The standard InChI is InChI=1S/C19H29NO4S.Na/c1-4-10-15(5-2)13-17(16-11-8-7-9-12-16)14-19(25(22,23)24)20-18(21)6-3;/h6-9,11-12,15,17,19H,3-5,10,13-14H2,1-2H3,(H,20,21)(H,22,23,24);/q;+1/p-1. The van der Waals surface area contributed by atoms with Crippen LogP contribution in [0.4, 0.5) is 0 Å². The molecule has 140 valence electrons. The third-order valence-electron chi connectivity index (χ3n) is 4.50. The first-order valence-electron chi connectivity index (χ1n) is 8.74. The molecule has 3 atom stereocenters. The van der Waals surface area contributed by atoms with Gasteiger partial charge in [0.15, 0.2) is 0 Å². The summed E-state index contributed by atoms with van der Waals surface area (Å²) in [6.07, 6.45) is 4.91. The van der Waals surface area contributed by atoms with Crippen LogP contribution in [0.5, 0.6) is 0 Å². The van der Waals surface area contributed by atoms with Gasteiger partial charge in [-0.05, 0) is 36.3 Å². The van der Waals surface area contributed by atoms with Gasteiger partial charge in [-0.15, -0.1) is 0 Å². The first kappa shape index (κ1) is 25.3. The Morgan fingerprint density at radius 3 is 2.31 bits per heavy atom. The molecule has 0 saturated heterocycles. The first-order chi connectivity index (χ1) is 11.8. The Labute approximate surface area is 179 Å². The van der Waals surface area contributed by atoms with Crippen LogP contribution in [0.3, 0.4) is 0 Å². The maximum Gasteiger partial charge on any atom is 1.00 e. The monoisotopic (exact) mass is 389 g/mol. The summed E-state index contributed by atoms with van der Waals surface area (Å²) < 4.78 is 34.9. The van der Waals surface area contributed by atoms with E-state index in [1.54, 1.807) is 0 Å². The third-order valence-corrected chi connectivity index (χ3v) is 5.51. The molecule has 1 aromatic carbocycles. The number of amides is 1. The zero-order valence-electron chi connectivity index (χ0n) is 16.0. The number of benzene rings is 1. The predicted octanol–water partition coefficient (Wildman–Crippen LogP) is 0.554. The Kier molecular flexibility index (Phi) is 12.4. The van der Waals surface area contributed by atoms with E-state index in [9.17, 15) is 17.8 Å². The van der Waals surface area contributed by atoms with Crippen molar-refractivity contribution in [2.24, 2.45) is 5.92 Å². The van der Waals surface area contributed by atoms with Gasteiger partial charge in [0.2, 0.25) is 5.91 Å². The molecule has 1 amide bonds. The van der Waals surface area contributed by atoms with Gasteiger partial charge in [0.1, 0.15) is 15.5 Å². The van der Waals surface area contributed by atoms with Gasteiger partial charge >= 0.3 is 29.6 Å². The smallest absolute Gasteiger partial charge is 0.746 e. The topological polar surface area (TPSA) is 86.3 Å². The number of carbonyl (C=O) groups is 1. The van der Waals surface area contributed by atoms with Crippen molar-refractivity contribution in [1.29, 1.82) is 0 Å². The summed E-state index contributed by atoms with van der Waals surface area (Å²) >= 11 is 0. The molecule has 7 heteroatoms. The van der Waals surface area contributed by atoms with E-state index in [-0.39, 0.29) is 41.9 Å². The average Bonchev–Trinajstić information content (AvgIpc) is 2.59. The molecule has 0 aromatic heterocycles. The Balaban J connectivity index is 0.00000625. The number of carbonyl (C=O) groups excluding carboxylic acids is 1. The molecule has 0 aliphatic carbocycles. The molecule has 26 heavy (non-hydrogen) atoms. The van der Waals surface area contributed by atoms with Crippen LogP contribution < -0.4 is 34.9 Å². The summed E-state index contributed by atoms with van der Waals surface area (Å²) in [7, 11) is -4.66. The summed E-state index contributed by atoms with van der Waals surface area (Å²) in [6.45, 7) is 7.55. The average molecular weight is 389 g/mol. The van der Waals surface area contributed by atoms with E-state index in [2.05, 4.69) is 25.7 Å². The molecule has 5 nitrogen and oxygen atoms in total. The number of rotatable bonds is 11. The van der Waals surface area contributed by atoms with E-state index in [4.69, 9.17) is 0 Å². The largest absolute Gasteiger partial charge is 1.00 e. The summed E-state index contributed by atoms with van der Waals surface area (Å²) in [4.78, 5) is 11.5. The van der Waals surface area contributed by atoms with Crippen molar-refractivity contribution in [2.45, 2.75) is 57.2 Å². The van der Waals surface area contributed by atoms with Crippen molar-refractivity contribution >= 4 is 16.0 Å². The maximum atomic E-state index is 11.6. The van der Waals surface area contributed by atoms with E-state index in [1.807, 2.05) is 30.3 Å². The van der Waals surface area contributed by atoms with Gasteiger partial charge in [0.25, 0.3) is 0 Å². The minimum Gasteiger partial charge on any atom is -0.746 e. The molecule has 0 spiro atoms. The SMILES string of the molecule is C=CC(=O)NC(CC(CC(CC)CCC)c1ccccc1)S(=O)(=O)[O-].[Na+]. The fraction of sp³-hybridized carbons (Fsp3) is 0.526. The third kappa shape index (κ3) is 8.82. The van der Waals surface area contributed by atoms with Crippen molar-refractivity contribution in [3.63, 3.8) is 0 Å². The van der Waals surface area contributed by atoms with E-state index >= 15 is 0 Å². The number of hydrogen-bond donors (Lipinski definition) is 1. The van der Waals surface area contributed by atoms with Crippen LogP contribution in [0.15, 0.2) is 43.0 Å². The summed E-state index contributed by atoms with van der Waals surface area (Å²) in [5.41, 5.74) is 0.985. The fourth-order valence-corrected chi connectivity index (χ4v) is 3.85. The Morgan fingerprint density at radius 1 is 1.23 bits per heavy atom. The predicted molar refractivity (Wildman–Crippen MR) is 98.9 cm³/mol. The minimum absolute atomic E-state index is 0. The molecule has 0 aliphatic rings. The second-order valence-corrected chi connectivity index (χ2v) is 7.89. The molecule has 0 radical (unpaired) electrons. The molecule has 0 aliphatic heterocycles. The molecule has 0 saturated carbocycles. The zero-order chi connectivity index (χ0) is 18.9. The molecule has 1 N–H and O–H groups in total. The summed E-state index contributed by atoms with van der Waals surface area (Å²) in [5.74, 6) is -0.325. The quantitative estimate of drug-likeness (QED) is 0.340. The van der Waals surface area contributed by atoms with Crippen molar-refractivity contribution in [3.8, 4) is 0 Å². The van der Waals surface area contributed by atoms with Crippen LogP contribution in [-0.4, -0.2) is 24.3 Å². The van der Waals surface area contributed by atoms with Crippen LogP contribution in [0.2, 0.25) is 0 Å². The maximum absolute atomic E-state index is 11.6. The molecule has 1 aromatic rings.